The van der Waals surface area contributed by atoms with Gasteiger partial charge < -0.3 is 14.4 Å². The minimum Gasteiger partial charge on any atom is -0.309 e. The highest BCUT2D eigenvalue weighted by molar-refractivity contribution is 6.21. The monoisotopic (exact) mass is 1050 g/mol. The predicted octanol–water partition coefficient (Wildman–Crippen LogP) is 21.3. The first-order valence-corrected chi connectivity index (χ1v) is 26.8. The number of benzene rings is 13. The van der Waals surface area contributed by atoms with Crippen molar-refractivity contribution in [2.45, 2.75) is 0 Å². The number of aromatic nitrogens is 1. The second-order valence-electron chi connectivity index (χ2n) is 20.1. The van der Waals surface area contributed by atoms with Crippen LogP contribution in [0.25, 0.3) is 93.5 Å². The molecular weight excluding hydrogens is 1010 g/mol. The van der Waals surface area contributed by atoms with E-state index in [1.54, 1.807) is 82.6 Å². The van der Waals surface area contributed by atoms with Gasteiger partial charge in [-0.1, -0.05) is 176 Å². The van der Waals surface area contributed by atoms with Gasteiger partial charge in [-0.15, -0.1) is 0 Å². The minimum atomic E-state index is -0.469. The smallest absolute Gasteiger partial charge is 0.147 e. The van der Waals surface area contributed by atoms with Crippen LogP contribution in [0.1, 0.15) is 0 Å². The summed E-state index contributed by atoms with van der Waals surface area (Å²) >= 11 is 0. The summed E-state index contributed by atoms with van der Waals surface area (Å²) in [5.41, 5.74) is 13.6. The number of hydrogen-bond acceptors (Lipinski definition) is 2. The molecule has 0 saturated heterocycles. The number of anilines is 6. The molecule has 0 saturated carbocycles. The van der Waals surface area contributed by atoms with Crippen LogP contribution < -0.4 is 9.80 Å². The van der Waals surface area contributed by atoms with Crippen molar-refractivity contribution in [1.29, 1.82) is 0 Å². The van der Waals surface area contributed by atoms with Crippen molar-refractivity contribution in [2.24, 2.45) is 0 Å². The maximum atomic E-state index is 15.5. The largest absolute Gasteiger partial charge is 0.309 e. The molecule has 7 heteroatoms. The van der Waals surface area contributed by atoms with Gasteiger partial charge in [-0.2, -0.15) is 0 Å². The van der Waals surface area contributed by atoms with Crippen LogP contribution in [0.15, 0.2) is 285 Å². The highest BCUT2D eigenvalue weighted by Crippen LogP contribution is 2.46. The van der Waals surface area contributed by atoms with E-state index < -0.39 is 23.3 Å². The number of nitrogens with zero attached hydrogens (tertiary/aromatic N) is 3. The third-order valence-electron chi connectivity index (χ3n) is 15.5. The summed E-state index contributed by atoms with van der Waals surface area (Å²) in [6.07, 6.45) is 0. The molecule has 14 aromatic rings. The molecular formula is C74H47F4N3. The van der Waals surface area contributed by atoms with E-state index in [0.29, 0.717) is 11.4 Å². The van der Waals surface area contributed by atoms with Crippen molar-refractivity contribution in [2.75, 3.05) is 9.80 Å². The zero-order valence-corrected chi connectivity index (χ0v) is 43.5. The average Bonchev–Trinajstić information content (AvgIpc) is 3.77. The van der Waals surface area contributed by atoms with Gasteiger partial charge in [-0.3, -0.25) is 0 Å². The standard InChI is InChI=1S/C74H47F4N3/c75-63-22-8-12-26-69(63)80(70-27-13-9-23-64(70)76)55-38-30-48(31-39-55)52-36-44-67-61(46-52)62-47-53(49-32-40-56(41-33-49)81(71-28-14-10-24-65(71)77)72-29-15-11-25-66(72)78)37-45-68(62)79(67)54-42-34-51(35-43-54)74-59-20-6-4-18-57(59)73(50-16-2-1-3-17-50)58-19-5-7-21-60(58)74/h1-47H. The summed E-state index contributed by atoms with van der Waals surface area (Å²) in [4.78, 5) is 3.21. The van der Waals surface area contributed by atoms with E-state index in [0.717, 1.165) is 55.3 Å². The van der Waals surface area contributed by atoms with E-state index in [-0.39, 0.29) is 22.7 Å². The lowest BCUT2D eigenvalue weighted by molar-refractivity contribution is 0.619. The Morgan fingerprint density at radius 3 is 0.889 bits per heavy atom. The summed E-state index contributed by atoms with van der Waals surface area (Å²) in [5.74, 6) is -1.88. The average molecular weight is 1050 g/mol. The Morgan fingerprint density at radius 1 is 0.235 bits per heavy atom. The number of para-hydroxylation sites is 4. The molecule has 0 atom stereocenters. The molecule has 0 unspecified atom stereocenters. The van der Waals surface area contributed by atoms with E-state index in [1.165, 1.54) is 62.5 Å². The van der Waals surface area contributed by atoms with Gasteiger partial charge >= 0.3 is 0 Å². The minimum absolute atomic E-state index is 0.234. The van der Waals surface area contributed by atoms with Gasteiger partial charge in [0.25, 0.3) is 0 Å². The summed E-state index contributed by atoms with van der Waals surface area (Å²) in [7, 11) is 0. The van der Waals surface area contributed by atoms with E-state index in [4.69, 9.17) is 0 Å². The molecule has 0 aliphatic rings. The van der Waals surface area contributed by atoms with E-state index in [2.05, 4.69) is 144 Å². The van der Waals surface area contributed by atoms with Crippen molar-refractivity contribution in [1.82, 2.24) is 4.57 Å². The highest BCUT2D eigenvalue weighted by atomic mass is 19.1. The van der Waals surface area contributed by atoms with Gasteiger partial charge in [0.15, 0.2) is 0 Å². The van der Waals surface area contributed by atoms with E-state index in [1.807, 2.05) is 48.5 Å². The summed E-state index contributed by atoms with van der Waals surface area (Å²) in [6, 6.07) is 90.9. The van der Waals surface area contributed by atoms with Crippen LogP contribution >= 0.6 is 0 Å². The third-order valence-corrected chi connectivity index (χ3v) is 15.5. The van der Waals surface area contributed by atoms with Crippen molar-refractivity contribution < 1.29 is 17.6 Å². The topological polar surface area (TPSA) is 11.4 Å². The second-order valence-corrected chi connectivity index (χ2v) is 20.1. The molecule has 0 radical (unpaired) electrons. The molecule has 0 spiro atoms. The fourth-order valence-corrected chi connectivity index (χ4v) is 11.7. The highest BCUT2D eigenvalue weighted by Gasteiger charge is 2.23. The molecule has 14 rings (SSSR count). The number of hydrogen-bond donors (Lipinski definition) is 0. The van der Waals surface area contributed by atoms with Crippen molar-refractivity contribution in [3.05, 3.63) is 308 Å². The Labute approximate surface area is 465 Å². The molecule has 0 aliphatic heterocycles. The van der Waals surface area contributed by atoms with Gasteiger partial charge in [0.05, 0.1) is 33.8 Å². The first-order valence-electron chi connectivity index (χ1n) is 26.8. The predicted molar refractivity (Wildman–Crippen MR) is 327 cm³/mol. The van der Waals surface area contributed by atoms with E-state index >= 15 is 17.6 Å². The molecule has 0 fully saturated rings. The van der Waals surface area contributed by atoms with Gasteiger partial charge in [0.1, 0.15) is 23.3 Å². The summed E-state index contributed by atoms with van der Waals surface area (Å²) in [5, 5.41) is 6.79. The van der Waals surface area contributed by atoms with Crippen LogP contribution in [0, 0.1) is 23.3 Å². The van der Waals surface area contributed by atoms with Crippen LogP contribution in [-0.4, -0.2) is 4.57 Å². The Morgan fingerprint density at radius 2 is 0.531 bits per heavy atom. The lowest BCUT2D eigenvalue weighted by Gasteiger charge is -2.26. The van der Waals surface area contributed by atoms with Gasteiger partial charge in [-0.05, 0) is 175 Å². The molecule has 3 nitrogen and oxygen atoms in total. The maximum Gasteiger partial charge on any atom is 0.147 e. The zero-order valence-electron chi connectivity index (χ0n) is 43.5. The Balaban J connectivity index is 0.899. The third kappa shape index (κ3) is 8.63. The molecule has 0 N–H and O–H groups in total. The van der Waals surface area contributed by atoms with Crippen LogP contribution in [0.5, 0.6) is 0 Å². The molecule has 13 aromatic carbocycles. The lowest BCUT2D eigenvalue weighted by Crippen LogP contribution is -2.13. The van der Waals surface area contributed by atoms with Crippen LogP contribution in [0.2, 0.25) is 0 Å². The Kier molecular flexibility index (Phi) is 12.3. The normalized spacial score (nSPS) is 11.5. The van der Waals surface area contributed by atoms with Gasteiger partial charge in [0.2, 0.25) is 0 Å². The quantitative estimate of drug-likeness (QED) is 0.0945. The molecule has 81 heavy (non-hydrogen) atoms. The second kappa shape index (κ2) is 20.4. The fraction of sp³-hybridized carbons (Fsp3) is 0. The van der Waals surface area contributed by atoms with Gasteiger partial charge in [0, 0.05) is 27.8 Å². The fourth-order valence-electron chi connectivity index (χ4n) is 11.7. The number of rotatable bonds is 11. The van der Waals surface area contributed by atoms with Crippen molar-refractivity contribution in [3.63, 3.8) is 0 Å². The molecule has 1 heterocycles. The maximum absolute atomic E-state index is 15.5. The van der Waals surface area contributed by atoms with Crippen molar-refractivity contribution >= 4 is 77.5 Å². The molecule has 0 aliphatic carbocycles. The first-order chi connectivity index (χ1) is 39.9. The molecule has 1 aromatic heterocycles. The Hall–Kier alpha value is -10.5. The zero-order chi connectivity index (χ0) is 54.6. The molecule has 386 valence electrons. The Bertz CT molecular complexity index is 4340. The number of fused-ring (bicyclic) bond motifs is 5. The first kappa shape index (κ1) is 48.8. The summed E-state index contributed by atoms with van der Waals surface area (Å²) < 4.78 is 64.4. The number of halogens is 4. The van der Waals surface area contributed by atoms with Crippen LogP contribution in [0.3, 0.4) is 0 Å². The van der Waals surface area contributed by atoms with E-state index in [9.17, 15) is 0 Å². The lowest BCUT2D eigenvalue weighted by atomic mass is 9.86. The molecule has 0 amide bonds. The summed E-state index contributed by atoms with van der Waals surface area (Å²) in [6.45, 7) is 0. The van der Waals surface area contributed by atoms with Crippen LogP contribution in [0.4, 0.5) is 51.7 Å². The van der Waals surface area contributed by atoms with Crippen molar-refractivity contribution in [3.8, 4) is 50.2 Å². The molecule has 0 bridgehead atoms. The van der Waals surface area contributed by atoms with Gasteiger partial charge in [-0.25, -0.2) is 17.6 Å². The SMILES string of the molecule is Fc1ccccc1N(c1ccc(-c2ccc3c(c2)c2cc(-c4ccc(N(c5ccccc5F)c5ccccc5F)cc4)ccc2n3-c2ccc(-c3c4ccccc4c(-c4ccccc4)c4ccccc34)cc2)cc1)c1ccccc1F. The van der Waals surface area contributed by atoms with Crippen LogP contribution in [-0.2, 0) is 0 Å².